The van der Waals surface area contributed by atoms with Gasteiger partial charge in [-0.1, -0.05) is 17.0 Å². The van der Waals surface area contributed by atoms with Gasteiger partial charge < -0.3 is 56.3 Å². The number of ether oxygens (including phenoxy) is 3. The van der Waals surface area contributed by atoms with Gasteiger partial charge in [0, 0.05) is 23.5 Å². The van der Waals surface area contributed by atoms with E-state index in [1.807, 2.05) is 5.92 Å². The van der Waals surface area contributed by atoms with Gasteiger partial charge in [-0.25, -0.2) is 37.1 Å². The molecule has 4 aromatic rings. The second-order valence-corrected chi connectivity index (χ2v) is 13.0. The maximum absolute atomic E-state index is 14.3. The van der Waals surface area contributed by atoms with Crippen molar-refractivity contribution in [3.63, 3.8) is 0 Å². The number of anilines is 2. The van der Waals surface area contributed by atoms with Crippen LogP contribution in [0.5, 0.6) is 0 Å². The van der Waals surface area contributed by atoms with Crippen LogP contribution in [0, 0.1) is 30.5 Å². The fraction of sp³-hybridized carbons (Fsp3) is 0.455. The quantitative estimate of drug-likeness (QED) is 0.0317. The number of aliphatic hydroxyl groups is 6. The lowest BCUT2D eigenvalue weighted by atomic mass is 9.98. The molecule has 0 amide bonds. The molecule has 27 heteroatoms. The van der Waals surface area contributed by atoms with E-state index in [0.29, 0.717) is 0 Å². The van der Waals surface area contributed by atoms with E-state index in [1.165, 1.54) is 24.5 Å². The molecule has 3 aliphatic heterocycles. The van der Waals surface area contributed by atoms with Crippen LogP contribution in [0.4, 0.5) is 29.2 Å². The number of nitrogens with two attached hydrogens (primary N) is 2. The Bertz CT molecular complexity index is 2460. The molecule has 320 valence electrons. The van der Waals surface area contributed by atoms with Gasteiger partial charge in [0.05, 0.1) is 26.1 Å². The summed E-state index contributed by atoms with van der Waals surface area (Å²) in [6.07, 6.45) is -0.808. The summed E-state index contributed by atoms with van der Waals surface area (Å²) < 4.78 is 74.2. The number of aromatic nitrogens is 7. The number of nitrogens with zero attached hydrogens (tertiary/aromatic N) is 10. The molecule has 0 spiro atoms. The zero-order valence-electron chi connectivity index (χ0n) is 30.4. The van der Waals surface area contributed by atoms with Crippen LogP contribution in [0.15, 0.2) is 57.8 Å². The van der Waals surface area contributed by atoms with Gasteiger partial charge in [-0.15, -0.1) is 12.8 Å². The summed E-state index contributed by atoms with van der Waals surface area (Å²) >= 11 is 0. The Morgan fingerprint density at radius 2 is 1.25 bits per heavy atom. The third-order valence-electron chi connectivity index (χ3n) is 9.46. The number of aliphatic hydroxyl groups excluding tert-OH is 6. The van der Waals surface area contributed by atoms with Gasteiger partial charge >= 0.3 is 11.4 Å². The Balaban J connectivity index is 0.000000171. The van der Waals surface area contributed by atoms with Crippen LogP contribution in [0.1, 0.15) is 18.7 Å². The minimum absolute atomic E-state index is 0.0272. The number of hydrogen-bond donors (Lipinski definition) is 8. The number of fused-ring (bicyclic) bond motifs is 1. The summed E-state index contributed by atoms with van der Waals surface area (Å²) in [5.74, 6) is 3.38. The first kappa shape index (κ1) is 44.9. The molecule has 7 heterocycles. The van der Waals surface area contributed by atoms with E-state index < -0.39 is 109 Å². The highest BCUT2D eigenvalue weighted by Gasteiger charge is 2.57. The molecule has 4 aromatic heterocycles. The maximum Gasteiger partial charge on any atom is 0.351 e. The molecular formula is C33H34F4N12O11. The predicted molar refractivity (Wildman–Crippen MR) is 193 cm³/mol. The van der Waals surface area contributed by atoms with Gasteiger partial charge in [0.1, 0.15) is 35.5 Å². The van der Waals surface area contributed by atoms with Gasteiger partial charge in [-0.05, 0) is 23.7 Å². The molecule has 0 saturated carbocycles. The van der Waals surface area contributed by atoms with Crippen LogP contribution in [0.25, 0.3) is 21.6 Å². The summed E-state index contributed by atoms with van der Waals surface area (Å²) in [5.41, 5.74) is 11.4. The van der Waals surface area contributed by atoms with Crippen molar-refractivity contribution in [1.29, 1.82) is 0 Å². The first-order valence-electron chi connectivity index (χ1n) is 16.9. The molecular weight excluding hydrogens is 816 g/mol. The molecule has 7 rings (SSSR count). The van der Waals surface area contributed by atoms with E-state index >= 15 is 0 Å². The number of pyridine rings is 1. The first-order chi connectivity index (χ1) is 28.4. The second kappa shape index (κ2) is 17.6. The van der Waals surface area contributed by atoms with E-state index in [2.05, 4.69) is 35.9 Å². The van der Waals surface area contributed by atoms with Crippen molar-refractivity contribution in [3.8, 4) is 24.7 Å². The standard InChI is InChI=1S/C13H11F2N3O3.C11H12FN3O4.C9H11FN6O4/c1-2-13(5-19)10(20)8(15)12(21-13)18-6-17-9-7(14)3-4-16-11(9)18;1-2-11(5-16)8(17)7(12)9(19-11)15-4-3-6(13)14-10(15)18;10-5-6(18)9(3-17,14-15-12)20-7(5)16-2-1-4(11)13-8(16)19/h1,3-4,6,8,10,12,19-20H,5H2;1,3-4,7-9,16-17H,5H2,(H2,13,14,18);1-2,5-7,17-18H,3H2,(H2,11,13,19). The number of halogens is 4. The fourth-order valence-electron chi connectivity index (χ4n) is 6.15. The third-order valence-corrected chi connectivity index (χ3v) is 9.46. The lowest BCUT2D eigenvalue weighted by Gasteiger charge is -2.23. The van der Waals surface area contributed by atoms with Crippen LogP contribution < -0.4 is 22.8 Å². The fourth-order valence-corrected chi connectivity index (χ4v) is 6.15. The van der Waals surface area contributed by atoms with Crippen molar-refractivity contribution in [3.05, 3.63) is 80.3 Å². The van der Waals surface area contributed by atoms with Gasteiger partial charge in [0.25, 0.3) is 0 Å². The molecule has 0 aliphatic carbocycles. The highest BCUT2D eigenvalue weighted by atomic mass is 19.1. The first-order valence-corrected chi connectivity index (χ1v) is 16.9. The second-order valence-electron chi connectivity index (χ2n) is 13.0. The minimum Gasteiger partial charge on any atom is -0.393 e. The van der Waals surface area contributed by atoms with Crippen molar-refractivity contribution < 1.29 is 62.4 Å². The maximum atomic E-state index is 14.3. The normalized spacial score (nSPS) is 33.1. The molecule has 0 bridgehead atoms. The smallest absolute Gasteiger partial charge is 0.351 e. The van der Waals surface area contributed by atoms with Gasteiger partial charge in [-0.2, -0.15) is 9.97 Å². The molecule has 10 N–H and O–H groups in total. The number of imidazole rings is 1. The molecule has 3 saturated heterocycles. The van der Waals surface area contributed by atoms with Crippen LogP contribution in [-0.2, 0) is 14.2 Å². The van der Waals surface area contributed by atoms with E-state index in [-0.39, 0.29) is 22.8 Å². The van der Waals surface area contributed by atoms with Gasteiger partial charge in [0.2, 0.25) is 5.72 Å². The topological polar surface area (TPSA) is 350 Å². The van der Waals surface area contributed by atoms with Crippen molar-refractivity contribution in [2.45, 2.75) is 72.4 Å². The SMILES string of the molecule is C#CC1(CO)OC(n2ccc(N)nc2=O)C(F)C1O.C#CC1(CO)OC(n2cnc3c(F)ccnc32)C(F)C1O.[N-]=[N+]=NC1(CO)OC(n2ccc(N)nc2=O)C(F)C1O. The Labute approximate surface area is 332 Å². The van der Waals surface area contributed by atoms with Crippen LogP contribution >= 0.6 is 0 Å². The Hall–Kier alpha value is -6.23. The average molecular weight is 851 g/mol. The molecule has 12 atom stereocenters. The summed E-state index contributed by atoms with van der Waals surface area (Å²) in [5, 5.41) is 60.0. The zero-order valence-corrected chi connectivity index (χ0v) is 30.4. The molecule has 0 radical (unpaired) electrons. The Morgan fingerprint density at radius 1 is 0.783 bits per heavy atom. The number of nitrogen functional groups attached to an aromatic ring is 2. The monoisotopic (exact) mass is 850 g/mol. The van der Waals surface area contributed by atoms with Crippen molar-refractivity contribution in [2.75, 3.05) is 31.3 Å². The molecule has 3 fully saturated rings. The molecule has 12 unspecified atom stereocenters. The molecule has 0 aromatic carbocycles. The van der Waals surface area contributed by atoms with Crippen LogP contribution in [0.2, 0.25) is 0 Å². The lowest BCUT2D eigenvalue weighted by molar-refractivity contribution is -0.124. The molecule has 23 nitrogen and oxygen atoms in total. The summed E-state index contributed by atoms with van der Waals surface area (Å²) in [7, 11) is 0. The van der Waals surface area contributed by atoms with Crippen molar-refractivity contribution >= 4 is 22.8 Å². The minimum atomic E-state index is -2.19. The molecule has 3 aliphatic rings. The van der Waals surface area contributed by atoms with Crippen LogP contribution in [-0.4, -0.2) is 138 Å². The van der Waals surface area contributed by atoms with E-state index in [1.54, 1.807) is 0 Å². The predicted octanol–water partition coefficient (Wildman–Crippen LogP) is -2.37. The third kappa shape index (κ3) is 7.80. The number of terminal acetylenes is 2. The van der Waals surface area contributed by atoms with Gasteiger partial charge in [0.15, 0.2) is 59.9 Å². The summed E-state index contributed by atoms with van der Waals surface area (Å²) in [6.45, 7) is -2.49. The number of alkyl halides is 3. The number of hydrogen-bond acceptors (Lipinski definition) is 18. The lowest BCUT2D eigenvalue weighted by Crippen LogP contribution is -2.44. The van der Waals surface area contributed by atoms with E-state index in [4.69, 9.17) is 49.2 Å². The number of rotatable bonds is 7. The van der Waals surface area contributed by atoms with Crippen LogP contribution in [0.3, 0.4) is 0 Å². The Morgan fingerprint density at radius 3 is 1.67 bits per heavy atom. The largest absolute Gasteiger partial charge is 0.393 e. The van der Waals surface area contributed by atoms with Crippen molar-refractivity contribution in [2.24, 2.45) is 5.11 Å². The summed E-state index contributed by atoms with van der Waals surface area (Å²) in [6, 6.07) is 3.63. The highest BCUT2D eigenvalue weighted by molar-refractivity contribution is 5.71. The average Bonchev–Trinajstić information content (AvgIpc) is 3.93. The zero-order chi connectivity index (χ0) is 44.3. The summed E-state index contributed by atoms with van der Waals surface area (Å²) in [4.78, 5) is 40.1. The molecule has 60 heavy (non-hydrogen) atoms. The van der Waals surface area contributed by atoms with E-state index in [9.17, 15) is 52.7 Å². The van der Waals surface area contributed by atoms with Gasteiger partial charge in [-0.3, -0.25) is 13.7 Å². The Kier molecular flexibility index (Phi) is 13.1. The number of azide groups is 1. The van der Waals surface area contributed by atoms with E-state index in [0.717, 1.165) is 32.3 Å². The van der Waals surface area contributed by atoms with Crippen molar-refractivity contribution in [1.82, 2.24) is 33.6 Å². The highest BCUT2D eigenvalue weighted by Crippen LogP contribution is 2.41.